The number of carbonyl (C=O) groups is 1. The van der Waals surface area contributed by atoms with Gasteiger partial charge in [-0.1, -0.05) is 47.7 Å². The zero-order chi connectivity index (χ0) is 22.7. The number of methoxy groups -OCH3 is 1. The standard InChI is InChI=1S/C25H23N3O3S/c1-16-8-11-18(12-9-16)28-24(30)19-6-4-5-7-20(19)27-25(28)32-15-23(29)26-21-14-17(2)10-13-22(21)31-3/h4-14H,15H2,1-3H3,(H,26,29). The Morgan fingerprint density at radius 3 is 2.50 bits per heavy atom. The average molecular weight is 446 g/mol. The fraction of sp³-hybridized carbons (Fsp3) is 0.160. The van der Waals surface area contributed by atoms with Crippen molar-refractivity contribution >= 4 is 34.3 Å². The SMILES string of the molecule is COc1ccc(C)cc1NC(=O)CSc1nc2ccccc2c(=O)n1-c1ccc(C)cc1. The Morgan fingerprint density at radius 2 is 1.75 bits per heavy atom. The summed E-state index contributed by atoms with van der Waals surface area (Å²) in [4.78, 5) is 30.7. The number of carbonyl (C=O) groups excluding carboxylic acids is 1. The topological polar surface area (TPSA) is 73.2 Å². The molecule has 0 atom stereocenters. The highest BCUT2D eigenvalue weighted by atomic mass is 32.2. The second kappa shape index (κ2) is 9.28. The lowest BCUT2D eigenvalue weighted by molar-refractivity contribution is -0.113. The van der Waals surface area contributed by atoms with Gasteiger partial charge in [0.05, 0.1) is 35.1 Å². The van der Waals surface area contributed by atoms with Crippen LogP contribution in [0.3, 0.4) is 0 Å². The van der Waals surface area contributed by atoms with E-state index in [0.717, 1.165) is 11.1 Å². The number of hydrogen-bond acceptors (Lipinski definition) is 5. The lowest BCUT2D eigenvalue weighted by atomic mass is 10.2. The van der Waals surface area contributed by atoms with E-state index in [0.29, 0.717) is 33.2 Å². The molecule has 4 aromatic rings. The number of thioether (sulfide) groups is 1. The molecule has 0 spiro atoms. The molecule has 32 heavy (non-hydrogen) atoms. The molecule has 3 aromatic carbocycles. The van der Waals surface area contributed by atoms with E-state index in [-0.39, 0.29) is 17.2 Å². The first-order valence-corrected chi connectivity index (χ1v) is 11.1. The van der Waals surface area contributed by atoms with E-state index in [1.54, 1.807) is 23.8 Å². The van der Waals surface area contributed by atoms with Crippen LogP contribution in [0.2, 0.25) is 0 Å². The van der Waals surface area contributed by atoms with E-state index in [2.05, 4.69) is 10.3 Å². The van der Waals surface area contributed by atoms with Crippen LogP contribution >= 0.6 is 11.8 Å². The van der Waals surface area contributed by atoms with E-state index >= 15 is 0 Å². The van der Waals surface area contributed by atoms with Crippen molar-refractivity contribution in [2.45, 2.75) is 19.0 Å². The molecule has 4 rings (SSSR count). The summed E-state index contributed by atoms with van der Waals surface area (Å²) in [6.07, 6.45) is 0. The summed E-state index contributed by atoms with van der Waals surface area (Å²) in [5.41, 5.74) is 3.86. The Kier molecular flexibility index (Phi) is 6.28. The lowest BCUT2D eigenvalue weighted by Crippen LogP contribution is -2.23. The third-order valence-electron chi connectivity index (χ3n) is 5.00. The number of benzene rings is 3. The van der Waals surface area contributed by atoms with Gasteiger partial charge < -0.3 is 10.1 Å². The third-order valence-corrected chi connectivity index (χ3v) is 5.94. The smallest absolute Gasteiger partial charge is 0.266 e. The van der Waals surface area contributed by atoms with Gasteiger partial charge in [-0.3, -0.25) is 14.2 Å². The minimum atomic E-state index is -0.211. The summed E-state index contributed by atoms with van der Waals surface area (Å²) in [6.45, 7) is 3.94. The van der Waals surface area contributed by atoms with Crippen LogP contribution in [-0.2, 0) is 4.79 Å². The van der Waals surface area contributed by atoms with Crippen LogP contribution < -0.4 is 15.6 Å². The molecule has 162 valence electrons. The number of rotatable bonds is 6. The Balaban J connectivity index is 1.66. The highest BCUT2D eigenvalue weighted by Crippen LogP contribution is 2.26. The summed E-state index contributed by atoms with van der Waals surface area (Å²) in [5, 5.41) is 3.89. The van der Waals surface area contributed by atoms with Crippen molar-refractivity contribution in [1.29, 1.82) is 0 Å². The van der Waals surface area contributed by atoms with E-state index in [1.165, 1.54) is 11.8 Å². The van der Waals surface area contributed by atoms with Gasteiger partial charge in [-0.05, 0) is 55.8 Å². The second-order valence-corrected chi connectivity index (χ2v) is 8.37. The van der Waals surface area contributed by atoms with Crippen molar-refractivity contribution in [3.05, 3.63) is 88.2 Å². The molecule has 0 saturated heterocycles. The summed E-state index contributed by atoms with van der Waals surface area (Å²) in [7, 11) is 1.56. The number of aryl methyl sites for hydroxylation is 2. The van der Waals surface area contributed by atoms with Crippen molar-refractivity contribution in [3.63, 3.8) is 0 Å². The quantitative estimate of drug-likeness (QED) is 0.343. The van der Waals surface area contributed by atoms with E-state index in [9.17, 15) is 9.59 Å². The van der Waals surface area contributed by atoms with Crippen LogP contribution in [0.4, 0.5) is 5.69 Å². The molecule has 0 aliphatic heterocycles. The van der Waals surface area contributed by atoms with E-state index in [1.807, 2.05) is 68.4 Å². The number of para-hydroxylation sites is 1. The fourth-order valence-electron chi connectivity index (χ4n) is 3.37. The monoisotopic (exact) mass is 445 g/mol. The molecular formula is C25H23N3O3S. The van der Waals surface area contributed by atoms with Crippen LogP contribution in [0.25, 0.3) is 16.6 Å². The first kappa shape index (κ1) is 21.6. The first-order chi connectivity index (χ1) is 15.5. The minimum Gasteiger partial charge on any atom is -0.495 e. The van der Waals surface area contributed by atoms with Crippen LogP contribution in [0.5, 0.6) is 5.75 Å². The zero-order valence-corrected chi connectivity index (χ0v) is 18.9. The number of anilines is 1. The summed E-state index contributed by atoms with van der Waals surface area (Å²) in [5.74, 6) is 0.472. The summed E-state index contributed by atoms with van der Waals surface area (Å²) < 4.78 is 6.90. The maximum absolute atomic E-state index is 13.3. The van der Waals surface area contributed by atoms with Crippen molar-refractivity contribution in [2.24, 2.45) is 0 Å². The molecule has 1 aromatic heterocycles. The van der Waals surface area contributed by atoms with Crippen molar-refractivity contribution in [1.82, 2.24) is 9.55 Å². The summed E-state index contributed by atoms with van der Waals surface area (Å²) in [6, 6.07) is 20.5. The van der Waals surface area contributed by atoms with Gasteiger partial charge in [-0.25, -0.2) is 4.98 Å². The van der Waals surface area contributed by atoms with Gasteiger partial charge in [0, 0.05) is 0 Å². The molecule has 0 aliphatic carbocycles. The number of amides is 1. The number of hydrogen-bond donors (Lipinski definition) is 1. The highest BCUT2D eigenvalue weighted by molar-refractivity contribution is 7.99. The highest BCUT2D eigenvalue weighted by Gasteiger charge is 2.15. The molecule has 0 unspecified atom stereocenters. The second-order valence-electron chi connectivity index (χ2n) is 7.43. The van der Waals surface area contributed by atoms with Gasteiger partial charge in [0.15, 0.2) is 5.16 Å². The first-order valence-electron chi connectivity index (χ1n) is 10.1. The van der Waals surface area contributed by atoms with Gasteiger partial charge in [0.25, 0.3) is 5.56 Å². The molecule has 1 N–H and O–H groups in total. The van der Waals surface area contributed by atoms with E-state index in [4.69, 9.17) is 4.74 Å². The number of nitrogens with zero attached hydrogens (tertiary/aromatic N) is 2. The number of aromatic nitrogens is 2. The average Bonchev–Trinajstić information content (AvgIpc) is 2.79. The van der Waals surface area contributed by atoms with Gasteiger partial charge in [-0.2, -0.15) is 0 Å². The molecular weight excluding hydrogens is 422 g/mol. The Hall–Kier alpha value is -3.58. The van der Waals surface area contributed by atoms with Crippen molar-refractivity contribution < 1.29 is 9.53 Å². The molecule has 1 amide bonds. The van der Waals surface area contributed by atoms with Crippen LogP contribution in [-0.4, -0.2) is 28.3 Å². The Labute approximate surface area is 190 Å². The molecule has 6 nitrogen and oxygen atoms in total. The molecule has 0 fully saturated rings. The molecule has 0 aliphatic rings. The predicted molar refractivity (Wildman–Crippen MR) is 129 cm³/mol. The Morgan fingerprint density at radius 1 is 1.03 bits per heavy atom. The number of ether oxygens (including phenoxy) is 1. The zero-order valence-electron chi connectivity index (χ0n) is 18.1. The fourth-order valence-corrected chi connectivity index (χ4v) is 4.18. The van der Waals surface area contributed by atoms with Crippen LogP contribution in [0.1, 0.15) is 11.1 Å². The number of nitrogens with one attached hydrogen (secondary N) is 1. The third kappa shape index (κ3) is 4.53. The molecule has 0 bridgehead atoms. The maximum Gasteiger partial charge on any atom is 0.266 e. The van der Waals surface area contributed by atoms with Gasteiger partial charge in [0.1, 0.15) is 5.75 Å². The van der Waals surface area contributed by atoms with Crippen molar-refractivity contribution in [3.8, 4) is 11.4 Å². The minimum absolute atomic E-state index is 0.0910. The van der Waals surface area contributed by atoms with E-state index < -0.39 is 0 Å². The van der Waals surface area contributed by atoms with Gasteiger partial charge in [0.2, 0.25) is 5.91 Å². The summed E-state index contributed by atoms with van der Waals surface area (Å²) >= 11 is 1.22. The molecule has 1 heterocycles. The normalized spacial score (nSPS) is 10.8. The molecule has 0 saturated carbocycles. The van der Waals surface area contributed by atoms with Crippen molar-refractivity contribution in [2.75, 3.05) is 18.2 Å². The van der Waals surface area contributed by atoms with Crippen LogP contribution in [0.15, 0.2) is 76.7 Å². The van der Waals surface area contributed by atoms with Crippen LogP contribution in [0, 0.1) is 13.8 Å². The van der Waals surface area contributed by atoms with Gasteiger partial charge in [-0.15, -0.1) is 0 Å². The largest absolute Gasteiger partial charge is 0.495 e. The number of fused-ring (bicyclic) bond motifs is 1. The van der Waals surface area contributed by atoms with Gasteiger partial charge >= 0.3 is 0 Å². The predicted octanol–water partition coefficient (Wildman–Crippen LogP) is 4.74. The Bertz CT molecular complexity index is 1350. The molecule has 0 radical (unpaired) electrons. The lowest BCUT2D eigenvalue weighted by Gasteiger charge is -2.14. The maximum atomic E-state index is 13.3. The molecule has 7 heteroatoms.